The fourth-order valence-corrected chi connectivity index (χ4v) is 7.90. The van der Waals surface area contributed by atoms with E-state index in [4.69, 9.17) is 14.5 Å². The normalized spacial score (nSPS) is 18.8. The van der Waals surface area contributed by atoms with Gasteiger partial charge < -0.3 is 9.32 Å². The van der Waals surface area contributed by atoms with Crippen LogP contribution in [0.5, 0.6) is 0 Å². The van der Waals surface area contributed by atoms with Crippen LogP contribution in [0.1, 0.15) is 50.3 Å². The highest BCUT2D eigenvalue weighted by Gasteiger charge is 2.43. The second kappa shape index (κ2) is 12.7. The largest absolute Gasteiger partial charge is 0.422 e. The molecule has 5 aromatic rings. The van der Waals surface area contributed by atoms with Gasteiger partial charge in [0.05, 0.1) is 22.2 Å². The van der Waals surface area contributed by atoms with E-state index in [-0.39, 0.29) is 17.6 Å². The van der Waals surface area contributed by atoms with Gasteiger partial charge in [-0.25, -0.2) is 14.8 Å². The average Bonchev–Trinajstić information content (AvgIpc) is 3.69. The Bertz CT molecular complexity index is 1980. The fourth-order valence-electron chi connectivity index (χ4n) is 6.46. The standard InChI is InChI=1S/C36H32Br2N4O2S/c1-3-41(4-2)28-17-12-24-19-30(35(43)44-31(24)20-28)32-21-39-36(45-32)42-34(23-10-15-27(38)16-11-23)29-7-5-6-25(33(29)40-42)18-22-8-13-26(37)14-9-22/h8-21,29,34H,3-7H2,1-2H3/b25-18+. The van der Waals surface area contributed by atoms with Gasteiger partial charge >= 0.3 is 5.63 Å². The van der Waals surface area contributed by atoms with Gasteiger partial charge in [0.2, 0.25) is 5.13 Å². The van der Waals surface area contributed by atoms with E-state index >= 15 is 0 Å². The van der Waals surface area contributed by atoms with E-state index in [1.165, 1.54) is 28.0 Å². The first-order valence-electron chi connectivity index (χ1n) is 15.3. The predicted molar refractivity (Wildman–Crippen MR) is 193 cm³/mol. The number of allylic oxidation sites excluding steroid dienone is 1. The van der Waals surface area contributed by atoms with Crippen molar-refractivity contribution in [3.63, 3.8) is 0 Å². The van der Waals surface area contributed by atoms with Crippen molar-refractivity contribution in [2.24, 2.45) is 11.0 Å². The van der Waals surface area contributed by atoms with Gasteiger partial charge in [-0.3, -0.25) is 0 Å². The van der Waals surface area contributed by atoms with Crippen molar-refractivity contribution in [3.8, 4) is 10.4 Å². The van der Waals surface area contributed by atoms with Gasteiger partial charge in [0.25, 0.3) is 0 Å². The van der Waals surface area contributed by atoms with Gasteiger partial charge in [-0.05, 0) is 98.4 Å². The van der Waals surface area contributed by atoms with Crippen LogP contribution in [-0.2, 0) is 0 Å². The number of hydrogen-bond donors (Lipinski definition) is 0. The minimum Gasteiger partial charge on any atom is -0.422 e. The number of fused-ring (bicyclic) bond motifs is 2. The topological polar surface area (TPSA) is 61.9 Å². The lowest BCUT2D eigenvalue weighted by Gasteiger charge is -2.29. The molecule has 0 spiro atoms. The van der Waals surface area contributed by atoms with Crippen molar-refractivity contribution in [1.29, 1.82) is 0 Å². The number of rotatable bonds is 7. The molecular formula is C36H32Br2N4O2S. The van der Waals surface area contributed by atoms with E-state index < -0.39 is 0 Å². The molecular weight excluding hydrogens is 712 g/mol. The maximum Gasteiger partial charge on any atom is 0.345 e. The SMILES string of the molecule is CCN(CC)c1ccc2cc(-c3cnc(N4N=C5/C(=C/c6ccc(Br)cc6)CCCC5C4c4ccc(Br)cc4)s3)c(=O)oc2c1. The number of anilines is 2. The van der Waals surface area contributed by atoms with Gasteiger partial charge in [-0.1, -0.05) is 67.5 Å². The Morgan fingerprint density at radius 1 is 1.00 bits per heavy atom. The van der Waals surface area contributed by atoms with Crippen molar-refractivity contribution >= 4 is 76.8 Å². The van der Waals surface area contributed by atoms with Crippen molar-refractivity contribution in [2.75, 3.05) is 23.0 Å². The van der Waals surface area contributed by atoms with Crippen molar-refractivity contribution in [3.05, 3.63) is 115 Å². The number of benzene rings is 3. The van der Waals surface area contributed by atoms with Crippen LogP contribution in [0.2, 0.25) is 0 Å². The molecule has 0 N–H and O–H groups in total. The van der Waals surface area contributed by atoms with Crippen molar-refractivity contribution < 1.29 is 4.42 Å². The molecule has 45 heavy (non-hydrogen) atoms. The molecule has 0 amide bonds. The number of hydrazone groups is 1. The van der Waals surface area contributed by atoms with Crippen LogP contribution >= 0.6 is 43.2 Å². The van der Waals surface area contributed by atoms with Crippen LogP contribution in [0, 0.1) is 5.92 Å². The zero-order valence-electron chi connectivity index (χ0n) is 25.0. The third kappa shape index (κ3) is 5.93. The van der Waals surface area contributed by atoms with Gasteiger partial charge in [0.15, 0.2) is 0 Å². The van der Waals surface area contributed by atoms with E-state index in [1.54, 1.807) is 6.20 Å². The minimum atomic E-state index is -0.361. The Morgan fingerprint density at radius 2 is 1.73 bits per heavy atom. The Kier molecular flexibility index (Phi) is 8.50. The molecule has 2 atom stereocenters. The van der Waals surface area contributed by atoms with E-state index in [9.17, 15) is 4.79 Å². The maximum absolute atomic E-state index is 13.3. The summed E-state index contributed by atoms with van der Waals surface area (Å²) in [5.41, 5.74) is 6.55. The smallest absolute Gasteiger partial charge is 0.345 e. The number of thiazole rings is 1. The molecule has 7 rings (SSSR count). The van der Waals surface area contributed by atoms with E-state index in [2.05, 4.69) is 116 Å². The molecule has 228 valence electrons. The molecule has 0 bridgehead atoms. The quantitative estimate of drug-likeness (QED) is 0.155. The molecule has 9 heteroatoms. The van der Waals surface area contributed by atoms with Crippen molar-refractivity contribution in [1.82, 2.24) is 4.98 Å². The monoisotopic (exact) mass is 742 g/mol. The fraction of sp³-hybridized carbons (Fsp3) is 0.250. The highest BCUT2D eigenvalue weighted by atomic mass is 79.9. The van der Waals surface area contributed by atoms with Crippen molar-refractivity contribution in [2.45, 2.75) is 39.2 Å². The molecule has 1 saturated carbocycles. The summed E-state index contributed by atoms with van der Waals surface area (Å²) >= 11 is 8.63. The summed E-state index contributed by atoms with van der Waals surface area (Å²) in [6, 6.07) is 24.9. The molecule has 6 nitrogen and oxygen atoms in total. The van der Waals surface area contributed by atoms with Crippen LogP contribution in [0.15, 0.2) is 108 Å². The van der Waals surface area contributed by atoms with Crippen LogP contribution in [0.4, 0.5) is 10.8 Å². The average molecular weight is 745 g/mol. The zero-order valence-corrected chi connectivity index (χ0v) is 29.0. The minimum absolute atomic E-state index is 0.00669. The summed E-state index contributed by atoms with van der Waals surface area (Å²) in [5.74, 6) is 0.236. The molecule has 1 aliphatic carbocycles. The third-order valence-electron chi connectivity index (χ3n) is 8.73. The predicted octanol–water partition coefficient (Wildman–Crippen LogP) is 10.1. The zero-order chi connectivity index (χ0) is 31.1. The number of halogens is 2. The molecule has 2 unspecified atom stereocenters. The van der Waals surface area contributed by atoms with Gasteiger partial charge in [-0.15, -0.1) is 0 Å². The summed E-state index contributed by atoms with van der Waals surface area (Å²) in [5, 5.41) is 9.01. The number of aromatic nitrogens is 1. The first-order valence-corrected chi connectivity index (χ1v) is 17.7. The van der Waals surface area contributed by atoms with Gasteiger partial charge in [0, 0.05) is 51.3 Å². The summed E-state index contributed by atoms with van der Waals surface area (Å²) in [6.45, 7) is 6.02. The Morgan fingerprint density at radius 3 is 2.47 bits per heavy atom. The van der Waals surface area contributed by atoms with Crippen LogP contribution < -0.4 is 15.5 Å². The van der Waals surface area contributed by atoms with E-state index in [1.807, 2.05) is 18.2 Å². The first-order chi connectivity index (χ1) is 21.9. The molecule has 3 heterocycles. The summed E-state index contributed by atoms with van der Waals surface area (Å²) in [4.78, 5) is 21.1. The lowest BCUT2D eigenvalue weighted by atomic mass is 9.77. The molecule has 0 saturated heterocycles. The lowest BCUT2D eigenvalue weighted by molar-refractivity contribution is 0.487. The molecule has 0 radical (unpaired) electrons. The van der Waals surface area contributed by atoms with Crippen LogP contribution in [0.25, 0.3) is 27.5 Å². The molecule has 1 fully saturated rings. The lowest BCUT2D eigenvalue weighted by Crippen LogP contribution is -2.28. The molecule has 2 aliphatic rings. The van der Waals surface area contributed by atoms with E-state index in [0.717, 1.165) is 68.1 Å². The number of hydrogen-bond acceptors (Lipinski definition) is 7. The summed E-state index contributed by atoms with van der Waals surface area (Å²) in [6.07, 6.45) is 7.20. The van der Waals surface area contributed by atoms with Crippen LogP contribution in [0.3, 0.4) is 0 Å². The third-order valence-corrected chi connectivity index (χ3v) is 10.8. The highest BCUT2D eigenvalue weighted by molar-refractivity contribution is 9.10. The summed E-state index contributed by atoms with van der Waals surface area (Å²) < 4.78 is 7.97. The highest BCUT2D eigenvalue weighted by Crippen LogP contribution is 2.48. The molecule has 1 aliphatic heterocycles. The van der Waals surface area contributed by atoms with Crippen LogP contribution in [-0.4, -0.2) is 23.8 Å². The second-order valence-electron chi connectivity index (χ2n) is 11.4. The molecule has 3 aromatic carbocycles. The Balaban J connectivity index is 1.27. The Labute approximate surface area is 283 Å². The maximum atomic E-state index is 13.3. The second-order valence-corrected chi connectivity index (χ2v) is 14.2. The van der Waals surface area contributed by atoms with E-state index in [0.29, 0.717) is 11.1 Å². The van der Waals surface area contributed by atoms with Gasteiger partial charge in [0.1, 0.15) is 5.58 Å². The van der Waals surface area contributed by atoms with Gasteiger partial charge in [-0.2, -0.15) is 5.10 Å². The number of nitrogens with zero attached hydrogens (tertiary/aromatic N) is 4. The Hall–Kier alpha value is -3.53. The first kappa shape index (κ1) is 30.1. The molecule has 2 aromatic heterocycles. The summed E-state index contributed by atoms with van der Waals surface area (Å²) in [7, 11) is 0.